The number of nitriles is 1. The molecule has 0 saturated heterocycles. The number of carbonyl (C=O) groups is 1. The molecule has 1 aromatic carbocycles. The van der Waals surface area contributed by atoms with Crippen LogP contribution in [0, 0.1) is 11.3 Å². The maximum absolute atomic E-state index is 11.9. The number of benzene rings is 1. The fourth-order valence-electron chi connectivity index (χ4n) is 1.56. The predicted octanol–water partition coefficient (Wildman–Crippen LogP) is 2.01. The predicted molar refractivity (Wildman–Crippen MR) is 78.9 cm³/mol. The Morgan fingerprint density at radius 1 is 1.09 bits per heavy atom. The maximum Gasteiger partial charge on any atom is 0.326 e. The molecular formula is C14H13N5O3. The van der Waals surface area contributed by atoms with Gasteiger partial charge in [0.15, 0.2) is 0 Å². The first-order chi connectivity index (χ1) is 10.6. The van der Waals surface area contributed by atoms with E-state index in [0.717, 1.165) is 0 Å². The SMILES string of the molecule is COc1cc(OC)nc(NC(=O)Nc2ccc(C#N)cc2)n1. The molecule has 112 valence electrons. The first-order valence-corrected chi connectivity index (χ1v) is 6.20. The van der Waals surface area contributed by atoms with Crippen LogP contribution in [0.5, 0.6) is 11.8 Å². The Morgan fingerprint density at radius 3 is 2.18 bits per heavy atom. The van der Waals surface area contributed by atoms with E-state index in [1.165, 1.54) is 20.3 Å². The molecule has 0 bridgehead atoms. The standard InChI is InChI=1S/C14H13N5O3/c1-21-11-7-12(22-2)18-13(17-11)19-14(20)16-10-5-3-9(8-15)4-6-10/h3-7H,1-2H3,(H2,16,17,18,19,20). The summed E-state index contributed by atoms with van der Waals surface area (Å²) < 4.78 is 9.98. The Kier molecular flexibility index (Phi) is 4.72. The third kappa shape index (κ3) is 3.83. The van der Waals surface area contributed by atoms with Gasteiger partial charge in [-0.25, -0.2) is 4.79 Å². The van der Waals surface area contributed by atoms with Gasteiger partial charge in [-0.1, -0.05) is 0 Å². The quantitative estimate of drug-likeness (QED) is 0.893. The number of anilines is 2. The van der Waals surface area contributed by atoms with E-state index >= 15 is 0 Å². The molecule has 0 fully saturated rings. The van der Waals surface area contributed by atoms with Crippen LogP contribution in [0.15, 0.2) is 30.3 Å². The van der Waals surface area contributed by atoms with E-state index in [-0.39, 0.29) is 17.7 Å². The van der Waals surface area contributed by atoms with Crippen molar-refractivity contribution in [3.05, 3.63) is 35.9 Å². The Morgan fingerprint density at radius 2 is 1.68 bits per heavy atom. The number of nitrogens with zero attached hydrogens (tertiary/aromatic N) is 3. The smallest absolute Gasteiger partial charge is 0.326 e. The molecule has 0 saturated carbocycles. The molecule has 2 aromatic rings. The molecule has 1 aromatic heterocycles. The molecule has 0 aliphatic carbocycles. The van der Waals surface area contributed by atoms with Crippen LogP contribution >= 0.6 is 0 Å². The van der Waals surface area contributed by atoms with Crippen molar-refractivity contribution in [2.45, 2.75) is 0 Å². The van der Waals surface area contributed by atoms with Gasteiger partial charge in [-0.2, -0.15) is 15.2 Å². The maximum atomic E-state index is 11.9. The lowest BCUT2D eigenvalue weighted by Gasteiger charge is -2.08. The van der Waals surface area contributed by atoms with Gasteiger partial charge in [0, 0.05) is 5.69 Å². The van der Waals surface area contributed by atoms with E-state index < -0.39 is 6.03 Å². The van der Waals surface area contributed by atoms with Gasteiger partial charge in [0.05, 0.1) is 31.9 Å². The van der Waals surface area contributed by atoms with Crippen molar-refractivity contribution in [2.75, 3.05) is 24.9 Å². The molecule has 0 unspecified atom stereocenters. The molecule has 1 heterocycles. The van der Waals surface area contributed by atoms with Gasteiger partial charge in [0.25, 0.3) is 0 Å². The number of urea groups is 1. The van der Waals surface area contributed by atoms with Crippen LogP contribution in [0.3, 0.4) is 0 Å². The molecule has 8 heteroatoms. The molecule has 0 radical (unpaired) electrons. The number of carbonyl (C=O) groups excluding carboxylic acids is 1. The van der Waals surface area contributed by atoms with E-state index in [0.29, 0.717) is 11.3 Å². The average molecular weight is 299 g/mol. The number of nitrogens with one attached hydrogen (secondary N) is 2. The lowest BCUT2D eigenvalue weighted by Crippen LogP contribution is -2.21. The Hall–Kier alpha value is -3.34. The van der Waals surface area contributed by atoms with Crippen LogP contribution in [0.25, 0.3) is 0 Å². The molecule has 0 aliphatic heterocycles. The van der Waals surface area contributed by atoms with Crippen LogP contribution in [-0.4, -0.2) is 30.2 Å². The molecule has 2 rings (SSSR count). The van der Waals surface area contributed by atoms with Gasteiger partial charge in [-0.15, -0.1) is 0 Å². The summed E-state index contributed by atoms with van der Waals surface area (Å²) in [5, 5.41) is 13.8. The molecule has 2 N–H and O–H groups in total. The number of methoxy groups -OCH3 is 2. The second-order valence-electron chi connectivity index (χ2n) is 4.04. The van der Waals surface area contributed by atoms with E-state index in [1.807, 2.05) is 6.07 Å². The van der Waals surface area contributed by atoms with E-state index in [9.17, 15) is 4.79 Å². The summed E-state index contributed by atoms with van der Waals surface area (Å²) in [6.07, 6.45) is 0. The molecule has 22 heavy (non-hydrogen) atoms. The first-order valence-electron chi connectivity index (χ1n) is 6.20. The van der Waals surface area contributed by atoms with Gasteiger partial charge in [-0.05, 0) is 24.3 Å². The highest BCUT2D eigenvalue weighted by atomic mass is 16.5. The summed E-state index contributed by atoms with van der Waals surface area (Å²) in [5.74, 6) is 0.573. The molecule has 2 amide bonds. The van der Waals surface area contributed by atoms with Gasteiger partial charge in [-0.3, -0.25) is 5.32 Å². The zero-order valence-electron chi connectivity index (χ0n) is 12.0. The minimum absolute atomic E-state index is 0.0438. The van der Waals surface area contributed by atoms with Crippen LogP contribution in [-0.2, 0) is 0 Å². The van der Waals surface area contributed by atoms with Crippen LogP contribution < -0.4 is 20.1 Å². The van der Waals surface area contributed by atoms with Crippen molar-refractivity contribution in [1.29, 1.82) is 5.26 Å². The Bertz CT molecular complexity index is 687. The summed E-state index contributed by atoms with van der Waals surface area (Å²) in [4.78, 5) is 19.8. The van der Waals surface area contributed by atoms with Gasteiger partial charge >= 0.3 is 6.03 Å². The van der Waals surface area contributed by atoms with Gasteiger partial charge < -0.3 is 14.8 Å². The monoisotopic (exact) mass is 299 g/mol. The lowest BCUT2D eigenvalue weighted by molar-refractivity contribution is 0.262. The molecule has 0 atom stereocenters. The van der Waals surface area contributed by atoms with Crippen molar-refractivity contribution in [3.63, 3.8) is 0 Å². The summed E-state index contributed by atoms with van der Waals surface area (Å²) in [6.45, 7) is 0. The second-order valence-corrected chi connectivity index (χ2v) is 4.04. The van der Waals surface area contributed by atoms with Crippen molar-refractivity contribution < 1.29 is 14.3 Å². The summed E-state index contributed by atoms with van der Waals surface area (Å²) in [5.41, 5.74) is 1.04. The number of amides is 2. The van der Waals surface area contributed by atoms with Crippen molar-refractivity contribution in [2.24, 2.45) is 0 Å². The van der Waals surface area contributed by atoms with E-state index in [2.05, 4.69) is 20.6 Å². The van der Waals surface area contributed by atoms with Crippen molar-refractivity contribution >= 4 is 17.7 Å². The minimum atomic E-state index is -0.528. The summed E-state index contributed by atoms with van der Waals surface area (Å²) in [6, 6.07) is 9.39. The van der Waals surface area contributed by atoms with Crippen LogP contribution in [0.4, 0.5) is 16.4 Å². The zero-order chi connectivity index (χ0) is 15.9. The zero-order valence-corrected chi connectivity index (χ0v) is 12.0. The van der Waals surface area contributed by atoms with Crippen molar-refractivity contribution in [1.82, 2.24) is 9.97 Å². The third-order valence-electron chi connectivity index (χ3n) is 2.59. The lowest BCUT2D eigenvalue weighted by atomic mass is 10.2. The second kappa shape index (κ2) is 6.90. The normalized spacial score (nSPS) is 9.50. The highest BCUT2D eigenvalue weighted by Crippen LogP contribution is 2.17. The summed E-state index contributed by atoms with van der Waals surface area (Å²) in [7, 11) is 2.89. The van der Waals surface area contributed by atoms with E-state index in [1.54, 1.807) is 24.3 Å². The van der Waals surface area contributed by atoms with Gasteiger partial charge in [0.1, 0.15) is 0 Å². The topological polar surface area (TPSA) is 109 Å². The number of hydrogen-bond donors (Lipinski definition) is 2. The Balaban J connectivity index is 2.06. The Labute approximate surface area is 126 Å². The first kappa shape index (κ1) is 15.1. The number of hydrogen-bond acceptors (Lipinski definition) is 6. The largest absolute Gasteiger partial charge is 0.481 e. The number of rotatable bonds is 4. The highest BCUT2D eigenvalue weighted by molar-refractivity contribution is 5.98. The molecular weight excluding hydrogens is 286 g/mol. The molecule has 0 aliphatic rings. The average Bonchev–Trinajstić information content (AvgIpc) is 2.55. The molecule has 0 spiro atoms. The van der Waals surface area contributed by atoms with Gasteiger partial charge in [0.2, 0.25) is 17.7 Å². The highest BCUT2D eigenvalue weighted by Gasteiger charge is 2.09. The van der Waals surface area contributed by atoms with Crippen LogP contribution in [0.1, 0.15) is 5.56 Å². The fourth-order valence-corrected chi connectivity index (χ4v) is 1.56. The van der Waals surface area contributed by atoms with Crippen molar-refractivity contribution in [3.8, 4) is 17.8 Å². The number of aromatic nitrogens is 2. The molecule has 8 nitrogen and oxygen atoms in total. The fraction of sp³-hybridized carbons (Fsp3) is 0.143. The third-order valence-corrected chi connectivity index (χ3v) is 2.59. The number of ether oxygens (including phenoxy) is 2. The van der Waals surface area contributed by atoms with Crippen LogP contribution in [0.2, 0.25) is 0 Å². The minimum Gasteiger partial charge on any atom is -0.481 e. The summed E-state index contributed by atoms with van der Waals surface area (Å²) >= 11 is 0. The van der Waals surface area contributed by atoms with E-state index in [4.69, 9.17) is 14.7 Å².